The molecule has 0 saturated heterocycles. The SMILES string of the molecule is O=CN1C=CC=CC1. The third-order valence-electron chi connectivity index (χ3n) is 0.976. The second kappa shape index (κ2) is 2.31. The summed E-state index contributed by atoms with van der Waals surface area (Å²) in [5.74, 6) is 0. The molecule has 0 N–H and O–H groups in total. The summed E-state index contributed by atoms with van der Waals surface area (Å²) >= 11 is 0. The van der Waals surface area contributed by atoms with Gasteiger partial charge in [-0.05, 0) is 6.08 Å². The van der Waals surface area contributed by atoms with E-state index >= 15 is 0 Å². The Bertz CT molecular complexity index is 137. The highest BCUT2D eigenvalue weighted by Gasteiger charge is 1.92. The summed E-state index contributed by atoms with van der Waals surface area (Å²) in [7, 11) is 0. The van der Waals surface area contributed by atoms with E-state index in [2.05, 4.69) is 0 Å². The van der Waals surface area contributed by atoms with Crippen LogP contribution in [0.4, 0.5) is 0 Å². The van der Waals surface area contributed by atoms with Crippen molar-refractivity contribution in [1.29, 1.82) is 0 Å². The summed E-state index contributed by atoms with van der Waals surface area (Å²) in [6.07, 6.45) is 8.22. The van der Waals surface area contributed by atoms with Gasteiger partial charge >= 0.3 is 0 Å². The van der Waals surface area contributed by atoms with Crippen LogP contribution in [-0.2, 0) is 4.79 Å². The number of allylic oxidation sites excluding steroid dienone is 2. The van der Waals surface area contributed by atoms with Crippen LogP contribution in [0.25, 0.3) is 0 Å². The Labute approximate surface area is 48.1 Å². The lowest BCUT2D eigenvalue weighted by molar-refractivity contribution is -0.115. The summed E-state index contributed by atoms with van der Waals surface area (Å²) < 4.78 is 0. The van der Waals surface area contributed by atoms with Crippen LogP contribution in [0.15, 0.2) is 24.4 Å². The van der Waals surface area contributed by atoms with E-state index < -0.39 is 0 Å². The van der Waals surface area contributed by atoms with E-state index in [0.717, 1.165) is 6.41 Å². The Balaban J connectivity index is 2.51. The fraction of sp³-hybridized carbons (Fsp3) is 0.167. The van der Waals surface area contributed by atoms with Crippen LogP contribution in [0.2, 0.25) is 0 Å². The largest absolute Gasteiger partial charge is 0.318 e. The van der Waals surface area contributed by atoms with Crippen molar-refractivity contribution >= 4 is 6.41 Å². The highest BCUT2D eigenvalue weighted by molar-refractivity contribution is 5.50. The average molecular weight is 109 g/mol. The predicted molar refractivity (Wildman–Crippen MR) is 31.0 cm³/mol. The molecule has 8 heavy (non-hydrogen) atoms. The van der Waals surface area contributed by atoms with Gasteiger partial charge in [0, 0.05) is 12.7 Å². The van der Waals surface area contributed by atoms with Gasteiger partial charge in [-0.1, -0.05) is 12.2 Å². The summed E-state index contributed by atoms with van der Waals surface area (Å²) in [6, 6.07) is 0. The molecule has 0 aromatic heterocycles. The molecular formula is C6H7NO. The van der Waals surface area contributed by atoms with Gasteiger partial charge in [0.25, 0.3) is 0 Å². The van der Waals surface area contributed by atoms with Gasteiger partial charge in [-0.2, -0.15) is 0 Å². The maximum Gasteiger partial charge on any atom is 0.213 e. The molecule has 0 aromatic carbocycles. The maximum absolute atomic E-state index is 10.0. The van der Waals surface area contributed by atoms with Crippen molar-refractivity contribution < 1.29 is 4.79 Å². The molecule has 0 saturated carbocycles. The number of rotatable bonds is 1. The first-order valence-electron chi connectivity index (χ1n) is 2.48. The molecule has 0 aromatic rings. The molecular weight excluding hydrogens is 102 g/mol. The Morgan fingerprint density at radius 3 is 2.75 bits per heavy atom. The Kier molecular flexibility index (Phi) is 1.47. The zero-order valence-electron chi connectivity index (χ0n) is 4.45. The molecule has 1 heterocycles. The van der Waals surface area contributed by atoms with Crippen molar-refractivity contribution in [3.63, 3.8) is 0 Å². The van der Waals surface area contributed by atoms with Crippen LogP contribution in [-0.4, -0.2) is 17.9 Å². The molecule has 2 heteroatoms. The van der Waals surface area contributed by atoms with Crippen molar-refractivity contribution in [2.45, 2.75) is 0 Å². The number of hydrogen-bond acceptors (Lipinski definition) is 1. The molecule has 0 bridgehead atoms. The van der Waals surface area contributed by atoms with Gasteiger partial charge in [-0.3, -0.25) is 4.79 Å². The molecule has 1 rings (SSSR count). The lowest BCUT2D eigenvalue weighted by Gasteiger charge is -2.09. The maximum atomic E-state index is 10.0. The van der Waals surface area contributed by atoms with Crippen molar-refractivity contribution in [2.24, 2.45) is 0 Å². The van der Waals surface area contributed by atoms with E-state index in [0.29, 0.717) is 6.54 Å². The lowest BCUT2D eigenvalue weighted by atomic mass is 10.4. The van der Waals surface area contributed by atoms with Crippen molar-refractivity contribution in [3.05, 3.63) is 24.4 Å². The van der Waals surface area contributed by atoms with Crippen LogP contribution in [0.3, 0.4) is 0 Å². The number of nitrogens with zero attached hydrogens (tertiary/aromatic N) is 1. The topological polar surface area (TPSA) is 20.3 Å². The predicted octanol–water partition coefficient (Wildman–Crippen LogP) is 0.528. The second-order valence-electron chi connectivity index (χ2n) is 1.57. The molecule has 0 aliphatic carbocycles. The van der Waals surface area contributed by atoms with Gasteiger partial charge in [0.05, 0.1) is 0 Å². The molecule has 0 atom stereocenters. The van der Waals surface area contributed by atoms with Gasteiger partial charge < -0.3 is 4.90 Å². The minimum Gasteiger partial charge on any atom is -0.318 e. The van der Waals surface area contributed by atoms with Crippen LogP contribution >= 0.6 is 0 Å². The van der Waals surface area contributed by atoms with Gasteiger partial charge in [0.2, 0.25) is 6.41 Å². The molecule has 0 radical (unpaired) electrons. The number of hydrogen-bond donors (Lipinski definition) is 0. The van der Waals surface area contributed by atoms with E-state index in [1.165, 1.54) is 0 Å². The highest BCUT2D eigenvalue weighted by Crippen LogP contribution is 1.92. The van der Waals surface area contributed by atoms with E-state index in [-0.39, 0.29) is 0 Å². The lowest BCUT2D eigenvalue weighted by Crippen LogP contribution is -2.15. The van der Waals surface area contributed by atoms with E-state index in [1.54, 1.807) is 11.1 Å². The smallest absolute Gasteiger partial charge is 0.213 e. The molecule has 1 aliphatic heterocycles. The van der Waals surface area contributed by atoms with E-state index in [4.69, 9.17) is 0 Å². The first-order valence-corrected chi connectivity index (χ1v) is 2.48. The highest BCUT2D eigenvalue weighted by atomic mass is 16.1. The first kappa shape index (κ1) is 5.09. The molecule has 1 amide bonds. The Morgan fingerprint density at radius 1 is 1.50 bits per heavy atom. The van der Waals surface area contributed by atoms with Gasteiger partial charge in [-0.15, -0.1) is 0 Å². The molecule has 42 valence electrons. The van der Waals surface area contributed by atoms with Crippen LogP contribution < -0.4 is 0 Å². The number of carbonyl (C=O) groups is 1. The molecule has 1 aliphatic rings. The summed E-state index contributed by atoms with van der Waals surface area (Å²) in [4.78, 5) is 11.6. The minimum atomic E-state index is 0.708. The van der Waals surface area contributed by atoms with Crippen molar-refractivity contribution in [2.75, 3.05) is 6.54 Å². The number of carbonyl (C=O) groups excluding carboxylic acids is 1. The zero-order chi connectivity index (χ0) is 5.82. The van der Waals surface area contributed by atoms with Crippen LogP contribution in [0.1, 0.15) is 0 Å². The van der Waals surface area contributed by atoms with Crippen LogP contribution in [0.5, 0.6) is 0 Å². The van der Waals surface area contributed by atoms with Gasteiger partial charge in [0.1, 0.15) is 0 Å². The molecule has 0 fully saturated rings. The van der Waals surface area contributed by atoms with Crippen LogP contribution in [0, 0.1) is 0 Å². The van der Waals surface area contributed by atoms with E-state index in [9.17, 15) is 4.79 Å². The minimum absolute atomic E-state index is 0.708. The third-order valence-corrected chi connectivity index (χ3v) is 0.976. The molecule has 0 spiro atoms. The Morgan fingerprint density at radius 2 is 2.38 bits per heavy atom. The third kappa shape index (κ3) is 0.964. The van der Waals surface area contributed by atoms with Crippen molar-refractivity contribution in [3.8, 4) is 0 Å². The van der Waals surface area contributed by atoms with Crippen molar-refractivity contribution in [1.82, 2.24) is 4.90 Å². The fourth-order valence-corrected chi connectivity index (χ4v) is 0.560. The summed E-state index contributed by atoms with van der Waals surface area (Å²) in [5.41, 5.74) is 0. The fourth-order valence-electron chi connectivity index (χ4n) is 0.560. The average Bonchev–Trinajstić information content (AvgIpc) is 1.90. The van der Waals surface area contributed by atoms with E-state index in [1.807, 2.05) is 18.2 Å². The Hall–Kier alpha value is -1.05. The normalized spacial score (nSPS) is 16.8. The molecule has 0 unspecified atom stereocenters. The molecule has 2 nitrogen and oxygen atoms in total. The monoisotopic (exact) mass is 109 g/mol. The second-order valence-corrected chi connectivity index (χ2v) is 1.57. The first-order chi connectivity index (χ1) is 3.93. The van der Waals surface area contributed by atoms with Gasteiger partial charge in [-0.25, -0.2) is 0 Å². The summed E-state index contributed by atoms with van der Waals surface area (Å²) in [6.45, 7) is 0.708. The standard InChI is InChI=1S/C6H7NO/c8-6-7-4-2-1-3-5-7/h1-4,6H,5H2. The quantitative estimate of drug-likeness (QED) is 0.450. The number of amides is 1. The summed E-state index contributed by atoms with van der Waals surface area (Å²) in [5, 5.41) is 0. The zero-order valence-corrected chi connectivity index (χ0v) is 4.45. The van der Waals surface area contributed by atoms with Gasteiger partial charge in [0.15, 0.2) is 0 Å².